The number of H-pyrrole nitrogens is 1. The summed E-state index contributed by atoms with van der Waals surface area (Å²) in [5, 5.41) is 22.0. The highest BCUT2D eigenvalue weighted by atomic mass is 35.5. The number of tetrazole rings is 1. The van der Waals surface area contributed by atoms with Gasteiger partial charge in [0.2, 0.25) is 5.16 Å². The van der Waals surface area contributed by atoms with Crippen LogP contribution in [0.15, 0.2) is 70.9 Å². The van der Waals surface area contributed by atoms with Crippen LogP contribution in [-0.4, -0.2) is 64.2 Å². The van der Waals surface area contributed by atoms with Gasteiger partial charge in [-0.2, -0.15) is 5.10 Å². The number of carbonyl (C=O) groups is 2. The number of rotatable bonds is 11. The average Bonchev–Trinajstić information content (AvgIpc) is 3.47. The maximum Gasteiger partial charge on any atom is 0.273 e. The molecule has 0 aliphatic heterocycles. The average molecular weight is 591 g/mol. The lowest BCUT2D eigenvalue weighted by Crippen LogP contribution is -2.21. The molecule has 0 saturated heterocycles. The van der Waals surface area contributed by atoms with Crippen LogP contribution >= 0.6 is 23.4 Å². The van der Waals surface area contributed by atoms with Gasteiger partial charge in [0, 0.05) is 15.8 Å². The summed E-state index contributed by atoms with van der Waals surface area (Å²) in [6.45, 7) is 4.88. The fraction of sp³-hybridized carbons (Fsp3) is 0.241. The second-order valence-electron chi connectivity index (χ2n) is 9.72. The van der Waals surface area contributed by atoms with Crippen molar-refractivity contribution in [1.29, 1.82) is 0 Å². The van der Waals surface area contributed by atoms with Gasteiger partial charge in [0.05, 0.1) is 17.5 Å². The van der Waals surface area contributed by atoms with Crippen molar-refractivity contribution in [3.63, 3.8) is 0 Å². The molecule has 0 aliphatic rings. The summed E-state index contributed by atoms with van der Waals surface area (Å²) in [4.78, 5) is 28.4. The molecule has 2 amide bonds. The van der Waals surface area contributed by atoms with E-state index >= 15 is 0 Å². The lowest BCUT2D eigenvalue weighted by Gasteiger charge is -2.19. The van der Waals surface area contributed by atoms with Crippen LogP contribution in [0.25, 0.3) is 0 Å². The van der Waals surface area contributed by atoms with Gasteiger partial charge in [0.25, 0.3) is 11.8 Å². The van der Waals surface area contributed by atoms with E-state index in [1.165, 1.54) is 23.4 Å². The van der Waals surface area contributed by atoms with E-state index < -0.39 is 5.91 Å². The quantitative estimate of drug-likeness (QED) is 0.123. The highest BCUT2D eigenvalue weighted by molar-refractivity contribution is 7.99. The first-order valence-electron chi connectivity index (χ1n) is 12.9. The van der Waals surface area contributed by atoms with E-state index in [2.05, 4.69) is 41.4 Å². The lowest BCUT2D eigenvalue weighted by molar-refractivity contribution is 0.0956. The molecule has 0 radical (unpaired) electrons. The fourth-order valence-corrected chi connectivity index (χ4v) is 5.09. The molecular formula is C29H31ClN8O2S. The van der Waals surface area contributed by atoms with E-state index in [4.69, 9.17) is 11.6 Å². The summed E-state index contributed by atoms with van der Waals surface area (Å²) >= 11 is 7.69. The largest absolute Gasteiger partial charge is 0.321 e. The van der Waals surface area contributed by atoms with Crippen LogP contribution in [0.5, 0.6) is 0 Å². The minimum atomic E-state index is -0.502. The summed E-state index contributed by atoms with van der Waals surface area (Å²) in [5.41, 5.74) is 7.59. The molecule has 0 fully saturated rings. The molecule has 3 N–H and O–H groups in total. The minimum Gasteiger partial charge on any atom is -0.321 e. The van der Waals surface area contributed by atoms with Gasteiger partial charge < -0.3 is 10.2 Å². The van der Waals surface area contributed by atoms with Crippen molar-refractivity contribution in [2.24, 2.45) is 5.10 Å². The number of hydrazone groups is 1. The molecule has 41 heavy (non-hydrogen) atoms. The Hall–Kier alpha value is -4.06. The SMILES string of the molecule is Cc1ccc(C=NNC(=O)c2cc(Cl)ccc2NC(=O)c2cccc(C(CCN(C)C)Sc3nnn[nH]3)c2)cc1C. The topological polar surface area (TPSA) is 128 Å². The zero-order valence-corrected chi connectivity index (χ0v) is 24.8. The number of hydrogen-bond acceptors (Lipinski definition) is 8. The zero-order chi connectivity index (χ0) is 29.4. The number of thioether (sulfide) groups is 1. The van der Waals surface area contributed by atoms with E-state index in [0.717, 1.165) is 29.7 Å². The van der Waals surface area contributed by atoms with Gasteiger partial charge in [-0.1, -0.05) is 53.7 Å². The minimum absolute atomic E-state index is 0.00643. The Kier molecular flexibility index (Phi) is 10.2. The summed E-state index contributed by atoms with van der Waals surface area (Å²) in [6, 6.07) is 18.0. The summed E-state index contributed by atoms with van der Waals surface area (Å²) in [5.74, 6) is -0.864. The van der Waals surface area contributed by atoms with Crippen molar-refractivity contribution in [3.05, 3.63) is 99.1 Å². The third-order valence-corrected chi connectivity index (χ3v) is 7.75. The normalized spacial score (nSPS) is 12.0. The second kappa shape index (κ2) is 14.0. The summed E-state index contributed by atoms with van der Waals surface area (Å²) < 4.78 is 0. The molecule has 0 aliphatic carbocycles. The molecule has 12 heteroatoms. The molecule has 1 atom stereocenters. The Morgan fingerprint density at radius 3 is 2.63 bits per heavy atom. The number of amides is 2. The first kappa shape index (κ1) is 29.9. The maximum absolute atomic E-state index is 13.3. The number of hydrogen-bond donors (Lipinski definition) is 3. The molecule has 3 aromatic carbocycles. The molecule has 4 aromatic rings. The van der Waals surface area contributed by atoms with Crippen molar-refractivity contribution in [3.8, 4) is 0 Å². The highest BCUT2D eigenvalue weighted by Crippen LogP contribution is 2.36. The van der Waals surface area contributed by atoms with Gasteiger partial charge in [-0.25, -0.2) is 10.5 Å². The van der Waals surface area contributed by atoms with Crippen molar-refractivity contribution in [2.75, 3.05) is 26.0 Å². The Bertz CT molecular complexity index is 1540. The first-order valence-corrected chi connectivity index (χ1v) is 14.1. The van der Waals surface area contributed by atoms with E-state index in [9.17, 15) is 9.59 Å². The third-order valence-electron chi connectivity index (χ3n) is 6.32. The van der Waals surface area contributed by atoms with Gasteiger partial charge in [-0.05, 0) is 104 Å². The molecule has 1 heterocycles. The van der Waals surface area contributed by atoms with Gasteiger partial charge >= 0.3 is 0 Å². The van der Waals surface area contributed by atoms with Crippen molar-refractivity contribution in [1.82, 2.24) is 30.9 Å². The van der Waals surface area contributed by atoms with Crippen molar-refractivity contribution < 1.29 is 9.59 Å². The number of anilines is 1. The fourth-order valence-electron chi connectivity index (χ4n) is 3.96. The number of benzene rings is 3. The molecule has 10 nitrogen and oxygen atoms in total. The van der Waals surface area contributed by atoms with Crippen LogP contribution in [0.1, 0.15) is 54.6 Å². The zero-order valence-electron chi connectivity index (χ0n) is 23.2. The van der Waals surface area contributed by atoms with E-state index in [0.29, 0.717) is 21.4 Å². The number of halogens is 1. The molecule has 1 unspecified atom stereocenters. The number of aryl methyl sites for hydroxylation is 2. The van der Waals surface area contributed by atoms with Gasteiger partial charge in [0.1, 0.15) is 0 Å². The number of carbonyl (C=O) groups excluding carboxylic acids is 2. The Labute approximate surface area is 248 Å². The number of aromatic nitrogens is 4. The standard InChI is InChI=1S/C29H31ClN8O2S/c1-18-8-9-20(14-19(18)2)17-31-33-28(40)24-16-23(30)10-11-25(24)32-27(39)22-7-5-6-21(15-22)26(12-13-38(3)4)41-29-34-36-37-35-29/h5-11,14-17,26H,12-13H2,1-4H3,(H,32,39)(H,33,40)(H,34,35,36,37). The molecule has 1 aromatic heterocycles. The van der Waals surface area contributed by atoms with Crippen LogP contribution in [0.2, 0.25) is 5.02 Å². The van der Waals surface area contributed by atoms with Crippen LogP contribution in [-0.2, 0) is 0 Å². The van der Waals surface area contributed by atoms with Crippen LogP contribution < -0.4 is 10.7 Å². The van der Waals surface area contributed by atoms with Gasteiger partial charge in [-0.3, -0.25) is 9.59 Å². The van der Waals surface area contributed by atoms with Gasteiger partial charge in [-0.15, -0.1) is 5.10 Å². The monoisotopic (exact) mass is 590 g/mol. The number of aromatic amines is 1. The summed E-state index contributed by atoms with van der Waals surface area (Å²) in [6.07, 6.45) is 2.38. The number of nitrogens with one attached hydrogen (secondary N) is 3. The van der Waals surface area contributed by atoms with Crippen LogP contribution in [0.4, 0.5) is 5.69 Å². The van der Waals surface area contributed by atoms with E-state index in [1.807, 2.05) is 64.3 Å². The molecule has 4 rings (SSSR count). The van der Waals surface area contributed by atoms with E-state index in [-0.39, 0.29) is 16.7 Å². The molecule has 212 valence electrons. The van der Waals surface area contributed by atoms with Crippen molar-refractivity contribution in [2.45, 2.75) is 30.7 Å². The first-order chi connectivity index (χ1) is 19.7. The molecular weight excluding hydrogens is 560 g/mol. The molecule has 0 spiro atoms. The predicted molar refractivity (Wildman–Crippen MR) is 163 cm³/mol. The number of nitrogens with zero attached hydrogens (tertiary/aromatic N) is 5. The van der Waals surface area contributed by atoms with Crippen LogP contribution in [0.3, 0.4) is 0 Å². The second-order valence-corrected chi connectivity index (χ2v) is 11.3. The Morgan fingerprint density at radius 2 is 1.90 bits per heavy atom. The highest BCUT2D eigenvalue weighted by Gasteiger charge is 2.19. The maximum atomic E-state index is 13.3. The van der Waals surface area contributed by atoms with Gasteiger partial charge in [0.15, 0.2) is 0 Å². The summed E-state index contributed by atoms with van der Waals surface area (Å²) in [7, 11) is 4.02. The lowest BCUT2D eigenvalue weighted by atomic mass is 10.0. The van der Waals surface area contributed by atoms with Crippen molar-refractivity contribution >= 4 is 47.1 Å². The molecule has 0 saturated carbocycles. The predicted octanol–water partition coefficient (Wildman–Crippen LogP) is 5.27. The Morgan fingerprint density at radius 1 is 1.07 bits per heavy atom. The molecule has 0 bridgehead atoms. The van der Waals surface area contributed by atoms with Crippen LogP contribution in [0, 0.1) is 13.8 Å². The Balaban J connectivity index is 1.50. The smallest absolute Gasteiger partial charge is 0.273 e. The third kappa shape index (κ3) is 8.46. The van der Waals surface area contributed by atoms with E-state index in [1.54, 1.807) is 24.4 Å².